The summed E-state index contributed by atoms with van der Waals surface area (Å²) in [6.07, 6.45) is 120. The van der Waals surface area contributed by atoms with Gasteiger partial charge in [0, 0.05) is 12.8 Å². The van der Waals surface area contributed by atoms with E-state index in [2.05, 4.69) is 257 Å². The van der Waals surface area contributed by atoms with Gasteiger partial charge in [0.15, 0.2) is 6.10 Å². The van der Waals surface area contributed by atoms with E-state index >= 15 is 0 Å². The topological polar surface area (TPSA) is 108 Å². The molecule has 9 nitrogen and oxygen atoms in total. The molecule has 0 bridgehead atoms. The summed E-state index contributed by atoms with van der Waals surface area (Å²) in [5.74, 6) is -0.865. The Balaban J connectivity index is 4.24. The number of nitrogens with zero attached hydrogens (tertiary/aromatic N) is 1. The van der Waals surface area contributed by atoms with Gasteiger partial charge in [0.2, 0.25) is 0 Å². The van der Waals surface area contributed by atoms with Gasteiger partial charge in [-0.3, -0.25) is 18.6 Å². The highest BCUT2D eigenvalue weighted by molar-refractivity contribution is 7.47. The first-order chi connectivity index (χ1) is 47.0. The number of ether oxygens (including phenoxy) is 2. The maximum absolute atomic E-state index is 12.9. The van der Waals surface area contributed by atoms with Crippen LogP contribution in [-0.2, 0) is 32.7 Å². The molecule has 0 amide bonds. The number of likely N-dealkylation sites (N-methyl/N-ethyl adjacent to an activating group) is 1. The predicted octanol–water partition coefficient (Wildman–Crippen LogP) is 24.7. The number of unbranched alkanes of at least 4 members (excludes halogenated alkanes) is 10. The van der Waals surface area contributed by atoms with Crippen LogP contribution in [0.1, 0.15) is 232 Å². The van der Waals surface area contributed by atoms with Crippen molar-refractivity contribution in [1.82, 2.24) is 0 Å². The van der Waals surface area contributed by atoms with Gasteiger partial charge < -0.3 is 18.9 Å². The van der Waals surface area contributed by atoms with E-state index in [-0.39, 0.29) is 26.1 Å². The van der Waals surface area contributed by atoms with Gasteiger partial charge in [-0.05, 0) is 167 Å². The van der Waals surface area contributed by atoms with Gasteiger partial charge in [-0.15, -0.1) is 0 Å². The molecule has 0 aromatic rings. The summed E-state index contributed by atoms with van der Waals surface area (Å²) >= 11 is 0. The molecule has 0 rings (SSSR count). The first-order valence-electron chi connectivity index (χ1n) is 36.8. The van der Waals surface area contributed by atoms with Crippen molar-refractivity contribution < 1.29 is 42.1 Å². The van der Waals surface area contributed by atoms with Gasteiger partial charge in [-0.2, -0.15) is 0 Å². The minimum absolute atomic E-state index is 0.00963. The lowest BCUT2D eigenvalue weighted by Crippen LogP contribution is -2.37. The number of quaternary nitrogens is 1. The van der Waals surface area contributed by atoms with E-state index in [1.165, 1.54) is 0 Å². The van der Waals surface area contributed by atoms with Crippen molar-refractivity contribution in [3.8, 4) is 0 Å². The average molecular weight is 1340 g/mol. The number of hydrogen-bond acceptors (Lipinski definition) is 7. The van der Waals surface area contributed by atoms with Gasteiger partial charge in [0.25, 0.3) is 0 Å². The lowest BCUT2D eigenvalue weighted by atomic mass is 10.1. The number of carbonyl (C=O) groups is 2. The lowest BCUT2D eigenvalue weighted by Gasteiger charge is -2.24. The second-order valence-corrected chi connectivity index (χ2v) is 26.0. The third-order valence-electron chi connectivity index (χ3n) is 14.4. The molecule has 534 valence electrons. The number of phosphoric acid groups is 1. The smallest absolute Gasteiger partial charge is 0.462 e. The van der Waals surface area contributed by atoms with Crippen molar-refractivity contribution in [3.63, 3.8) is 0 Å². The van der Waals surface area contributed by atoms with Crippen LogP contribution in [0, 0.1) is 0 Å². The van der Waals surface area contributed by atoms with Gasteiger partial charge in [0.1, 0.15) is 19.8 Å². The van der Waals surface area contributed by atoms with Crippen molar-refractivity contribution in [3.05, 3.63) is 243 Å². The maximum atomic E-state index is 12.9. The van der Waals surface area contributed by atoms with Crippen molar-refractivity contribution in [1.29, 1.82) is 0 Å². The Bertz CT molecular complexity index is 2520. The van der Waals surface area contributed by atoms with Crippen LogP contribution >= 0.6 is 7.82 Å². The van der Waals surface area contributed by atoms with Crippen LogP contribution in [0.5, 0.6) is 0 Å². The zero-order chi connectivity index (χ0) is 69.7. The highest BCUT2D eigenvalue weighted by Gasteiger charge is 2.27. The molecule has 0 aromatic carbocycles. The molecule has 0 heterocycles. The fourth-order valence-corrected chi connectivity index (χ4v) is 9.58. The minimum Gasteiger partial charge on any atom is -0.462 e. The average Bonchev–Trinajstić information content (AvgIpc) is 2.72. The van der Waals surface area contributed by atoms with Crippen LogP contribution in [0.25, 0.3) is 0 Å². The zero-order valence-corrected chi connectivity index (χ0v) is 61.6. The molecule has 0 aliphatic carbocycles. The number of rotatable bonds is 64. The Morgan fingerprint density at radius 1 is 0.323 bits per heavy atom. The fourth-order valence-electron chi connectivity index (χ4n) is 8.83. The largest absolute Gasteiger partial charge is 0.472 e. The Kier molecular flexibility index (Phi) is 68.4. The normalized spacial score (nSPS) is 14.5. The third-order valence-corrected chi connectivity index (χ3v) is 15.4. The number of hydrogen-bond donors (Lipinski definition) is 1. The predicted molar refractivity (Wildman–Crippen MR) is 417 cm³/mol. The monoisotopic (exact) mass is 1340 g/mol. The molecule has 0 saturated heterocycles. The molecule has 0 spiro atoms. The summed E-state index contributed by atoms with van der Waals surface area (Å²) in [4.78, 5) is 35.9. The molecule has 0 saturated carbocycles. The standard InChI is InChI=1S/C86H132NO8P/c1-6-8-10-12-14-16-18-20-22-24-26-28-30-32-34-36-38-40-42-43-45-47-49-51-53-55-57-59-61-63-65-67-69-71-73-75-77-79-86(89)95-84(83-94-96(90,91)93-81-80-87(3,4)5)82-92-85(88)78-76-74-72-70-68-66-64-62-60-58-56-54-52-50-48-46-44-41-39-37-35-33-31-29-27-25-23-21-19-17-15-13-11-9-7-2/h8-11,14-17,20-23,26-29,32-35,38-41,43,45-46,48-49,51-52,54-55,57-58,60-61,63-64,66,84H,6-7,12-13,18-19,24-25,30-31,36-37,42,44,47,50,53,56,59,62,65,67-83H2,1-5H3/p+1/b10-8-,11-9-,16-14-,17-15-,22-20-,23-21-,28-26-,29-27-,34-32-,35-33-,40-38-,41-39-,45-43-,48-46-,51-49-,54-52-,57-55-,60-58-,63-61-,66-64-. The number of phosphoric ester groups is 1. The molecule has 0 aromatic heterocycles. The van der Waals surface area contributed by atoms with Crippen LogP contribution in [0.2, 0.25) is 0 Å². The summed E-state index contributed by atoms with van der Waals surface area (Å²) in [6, 6.07) is 0. The Morgan fingerprint density at radius 2 is 0.562 bits per heavy atom. The van der Waals surface area contributed by atoms with E-state index in [0.717, 1.165) is 193 Å². The molecule has 0 aliphatic heterocycles. The Labute approximate surface area is 587 Å². The van der Waals surface area contributed by atoms with E-state index in [4.69, 9.17) is 18.5 Å². The number of carbonyl (C=O) groups excluding carboxylic acids is 2. The van der Waals surface area contributed by atoms with Crippen LogP contribution in [0.4, 0.5) is 0 Å². The number of allylic oxidation sites excluding steroid dienone is 40. The van der Waals surface area contributed by atoms with Crippen LogP contribution in [0.3, 0.4) is 0 Å². The molecule has 2 unspecified atom stereocenters. The summed E-state index contributed by atoms with van der Waals surface area (Å²) in [5, 5.41) is 0. The molecule has 1 N–H and O–H groups in total. The molecule has 2 atom stereocenters. The Morgan fingerprint density at radius 3 is 0.833 bits per heavy atom. The SMILES string of the molecule is CC/C=C\C/C=C\C/C=C\C/C=C\C/C=C\C/C=C\C/C=C\C/C=C\C/C=C\C/C=C\CCCCCCCCC(=O)OC(COC(=O)CCCCCC/C=C\C/C=C\C/C=C\C/C=C\C/C=C\C/C=C\C/C=C\C/C=C\C/C=C\C/C=C\CC)COP(=O)(O)OCC[N+](C)(C)C. The van der Waals surface area contributed by atoms with Gasteiger partial charge in [-0.1, -0.05) is 295 Å². The van der Waals surface area contributed by atoms with E-state index < -0.39 is 32.5 Å². The second kappa shape index (κ2) is 73.1. The highest BCUT2D eigenvalue weighted by atomic mass is 31.2. The summed E-state index contributed by atoms with van der Waals surface area (Å²) in [7, 11) is 1.41. The van der Waals surface area contributed by atoms with Gasteiger partial charge in [0.05, 0.1) is 27.7 Å². The minimum atomic E-state index is -4.42. The third kappa shape index (κ3) is 76.8. The summed E-state index contributed by atoms with van der Waals surface area (Å²) in [5.41, 5.74) is 0. The highest BCUT2D eigenvalue weighted by Crippen LogP contribution is 2.43. The van der Waals surface area contributed by atoms with E-state index in [1.807, 2.05) is 21.1 Å². The first-order valence-corrected chi connectivity index (χ1v) is 38.3. The second-order valence-electron chi connectivity index (χ2n) is 24.5. The van der Waals surface area contributed by atoms with Crippen molar-refractivity contribution >= 4 is 19.8 Å². The van der Waals surface area contributed by atoms with Crippen LogP contribution in [0.15, 0.2) is 243 Å². The maximum Gasteiger partial charge on any atom is 0.472 e. The fraction of sp³-hybridized carbons (Fsp3) is 0.512. The first kappa shape index (κ1) is 89.8. The van der Waals surface area contributed by atoms with E-state index in [0.29, 0.717) is 23.9 Å². The number of esters is 2. The molecule has 10 heteroatoms. The van der Waals surface area contributed by atoms with Crippen LogP contribution < -0.4 is 0 Å². The van der Waals surface area contributed by atoms with Crippen molar-refractivity contribution in [2.75, 3.05) is 47.5 Å². The molecule has 0 aliphatic rings. The Hall–Kier alpha value is -6.19. The van der Waals surface area contributed by atoms with Gasteiger partial charge in [-0.25, -0.2) is 4.57 Å². The molecule has 0 fully saturated rings. The lowest BCUT2D eigenvalue weighted by molar-refractivity contribution is -0.870. The van der Waals surface area contributed by atoms with Crippen molar-refractivity contribution in [2.24, 2.45) is 0 Å². The molecular formula is C86H133NO8P+. The molecular weight excluding hydrogens is 1210 g/mol. The van der Waals surface area contributed by atoms with Crippen LogP contribution in [-0.4, -0.2) is 74.9 Å². The van der Waals surface area contributed by atoms with Gasteiger partial charge >= 0.3 is 19.8 Å². The van der Waals surface area contributed by atoms with Crippen molar-refractivity contribution in [2.45, 2.75) is 238 Å². The van der Waals surface area contributed by atoms with E-state index in [1.54, 1.807) is 0 Å². The zero-order valence-electron chi connectivity index (χ0n) is 60.7. The van der Waals surface area contributed by atoms with E-state index in [9.17, 15) is 19.0 Å². The summed E-state index contributed by atoms with van der Waals surface area (Å²) < 4.78 is 34.7. The summed E-state index contributed by atoms with van der Waals surface area (Å²) in [6.45, 7) is 4.12. The quantitative estimate of drug-likeness (QED) is 0.0211. The molecule has 96 heavy (non-hydrogen) atoms. The molecule has 0 radical (unpaired) electrons.